The van der Waals surface area contributed by atoms with E-state index in [0.29, 0.717) is 0 Å². The van der Waals surface area contributed by atoms with Crippen molar-refractivity contribution in [3.05, 3.63) is 35.0 Å². The van der Waals surface area contributed by atoms with E-state index >= 15 is 0 Å². The smallest absolute Gasteiger partial charge is 0.0647 e. The Bertz CT molecular complexity index is 515. The standard InChI is InChI=1S/C18H26ClN/c1-2-3-4-5-6-7-8-9-11-15-14-20-18-16(15)12-10-13-17(18)19/h10,12-14,20H,2-9,11H2,1H3. The fourth-order valence-electron chi connectivity index (χ4n) is 2.83. The SMILES string of the molecule is CCCCCCCCCCc1c[nH]c2c(Cl)cccc12. The van der Waals surface area contributed by atoms with E-state index in [9.17, 15) is 0 Å². The second-order valence-corrected chi connectivity index (χ2v) is 6.11. The Labute approximate surface area is 127 Å². The lowest BCUT2D eigenvalue weighted by atomic mass is 10.0. The summed E-state index contributed by atoms with van der Waals surface area (Å²) in [4.78, 5) is 3.30. The summed E-state index contributed by atoms with van der Waals surface area (Å²) in [5.41, 5.74) is 2.50. The molecule has 0 atom stereocenters. The van der Waals surface area contributed by atoms with Crippen LogP contribution in [0.2, 0.25) is 5.02 Å². The molecular formula is C18H26ClN. The Morgan fingerprint density at radius 2 is 1.65 bits per heavy atom. The van der Waals surface area contributed by atoms with Crippen LogP contribution in [0.4, 0.5) is 0 Å². The minimum Gasteiger partial charge on any atom is -0.360 e. The number of rotatable bonds is 9. The summed E-state index contributed by atoms with van der Waals surface area (Å²) >= 11 is 6.18. The third-order valence-corrected chi connectivity index (χ3v) is 4.36. The van der Waals surface area contributed by atoms with Gasteiger partial charge in [-0.1, -0.05) is 75.6 Å². The third kappa shape index (κ3) is 4.28. The average Bonchev–Trinajstić information content (AvgIpc) is 2.87. The molecule has 1 aromatic carbocycles. The Kier molecular flexibility index (Phi) is 6.46. The lowest BCUT2D eigenvalue weighted by molar-refractivity contribution is 0.576. The van der Waals surface area contributed by atoms with Crippen molar-refractivity contribution >= 4 is 22.5 Å². The predicted octanol–water partition coefficient (Wildman–Crippen LogP) is 6.50. The van der Waals surface area contributed by atoms with Crippen LogP contribution in [-0.2, 0) is 6.42 Å². The van der Waals surface area contributed by atoms with Crippen LogP contribution >= 0.6 is 11.6 Å². The van der Waals surface area contributed by atoms with Crippen molar-refractivity contribution in [3.8, 4) is 0 Å². The zero-order chi connectivity index (χ0) is 14.2. The summed E-state index contributed by atoms with van der Waals surface area (Å²) in [6, 6.07) is 6.15. The summed E-state index contributed by atoms with van der Waals surface area (Å²) in [7, 11) is 0. The van der Waals surface area contributed by atoms with Gasteiger partial charge in [0.25, 0.3) is 0 Å². The Balaban J connectivity index is 1.70. The molecule has 0 bridgehead atoms. The molecule has 0 unspecified atom stereocenters. The number of unbranched alkanes of at least 4 members (excludes halogenated alkanes) is 7. The number of H-pyrrole nitrogens is 1. The van der Waals surface area contributed by atoms with Crippen LogP contribution in [-0.4, -0.2) is 4.98 Å². The van der Waals surface area contributed by atoms with Crippen LogP contribution < -0.4 is 0 Å². The van der Waals surface area contributed by atoms with E-state index in [0.717, 1.165) is 17.0 Å². The van der Waals surface area contributed by atoms with Crippen LogP contribution in [0.5, 0.6) is 0 Å². The molecule has 2 aromatic rings. The second-order valence-electron chi connectivity index (χ2n) is 5.70. The molecule has 20 heavy (non-hydrogen) atoms. The molecule has 110 valence electrons. The number of hydrogen-bond acceptors (Lipinski definition) is 0. The van der Waals surface area contributed by atoms with Gasteiger partial charge < -0.3 is 4.98 Å². The number of para-hydroxylation sites is 1. The molecule has 1 heterocycles. The normalized spacial score (nSPS) is 11.3. The molecule has 1 nitrogen and oxygen atoms in total. The maximum Gasteiger partial charge on any atom is 0.0647 e. The van der Waals surface area contributed by atoms with Gasteiger partial charge in [0.15, 0.2) is 0 Å². The molecule has 2 rings (SSSR count). The fourth-order valence-corrected chi connectivity index (χ4v) is 3.06. The highest BCUT2D eigenvalue weighted by Crippen LogP contribution is 2.26. The highest BCUT2D eigenvalue weighted by molar-refractivity contribution is 6.35. The first-order valence-electron chi connectivity index (χ1n) is 8.07. The van der Waals surface area contributed by atoms with Crippen molar-refractivity contribution in [1.29, 1.82) is 0 Å². The first kappa shape index (κ1) is 15.4. The van der Waals surface area contributed by atoms with Gasteiger partial charge in [0.05, 0.1) is 10.5 Å². The number of nitrogens with one attached hydrogen (secondary N) is 1. The topological polar surface area (TPSA) is 15.8 Å². The zero-order valence-electron chi connectivity index (χ0n) is 12.6. The number of aryl methyl sites for hydroxylation is 1. The number of fused-ring (bicyclic) bond motifs is 1. The van der Waals surface area contributed by atoms with Gasteiger partial charge in [-0.05, 0) is 24.5 Å². The molecule has 0 radical (unpaired) electrons. The molecule has 0 saturated heterocycles. The molecule has 0 aliphatic rings. The first-order valence-corrected chi connectivity index (χ1v) is 8.45. The second kappa shape index (κ2) is 8.36. The van der Waals surface area contributed by atoms with Gasteiger partial charge in [-0.3, -0.25) is 0 Å². The van der Waals surface area contributed by atoms with E-state index in [4.69, 9.17) is 11.6 Å². The molecule has 0 saturated carbocycles. The van der Waals surface area contributed by atoms with Crippen LogP contribution in [0, 0.1) is 0 Å². The largest absolute Gasteiger partial charge is 0.360 e. The summed E-state index contributed by atoms with van der Waals surface area (Å²) in [6.07, 6.45) is 14.3. The maximum atomic E-state index is 6.18. The number of aromatic nitrogens is 1. The summed E-state index contributed by atoms with van der Waals surface area (Å²) < 4.78 is 0. The van der Waals surface area contributed by atoms with Gasteiger partial charge in [0.1, 0.15) is 0 Å². The van der Waals surface area contributed by atoms with E-state index < -0.39 is 0 Å². The quantitative estimate of drug-likeness (QED) is 0.507. The van der Waals surface area contributed by atoms with E-state index in [1.54, 1.807) is 0 Å². The Morgan fingerprint density at radius 3 is 2.40 bits per heavy atom. The van der Waals surface area contributed by atoms with Crippen LogP contribution in [0.25, 0.3) is 10.9 Å². The van der Waals surface area contributed by atoms with Crippen molar-refractivity contribution in [2.75, 3.05) is 0 Å². The lowest BCUT2D eigenvalue weighted by Crippen LogP contribution is -1.85. The van der Waals surface area contributed by atoms with Gasteiger partial charge in [-0.25, -0.2) is 0 Å². The monoisotopic (exact) mass is 291 g/mol. The summed E-state index contributed by atoms with van der Waals surface area (Å²) in [5, 5.41) is 2.12. The molecule has 2 heteroatoms. The molecule has 0 aliphatic carbocycles. The van der Waals surface area contributed by atoms with Crippen LogP contribution in [0.1, 0.15) is 63.9 Å². The number of benzene rings is 1. The van der Waals surface area contributed by atoms with E-state index in [1.807, 2.05) is 12.1 Å². The van der Waals surface area contributed by atoms with Gasteiger partial charge in [-0.15, -0.1) is 0 Å². The Hall–Kier alpha value is -0.950. The average molecular weight is 292 g/mol. The molecule has 0 amide bonds. The highest BCUT2D eigenvalue weighted by Gasteiger charge is 2.05. The number of hydrogen-bond donors (Lipinski definition) is 1. The molecule has 0 spiro atoms. The van der Waals surface area contributed by atoms with Crippen molar-refractivity contribution in [2.45, 2.75) is 64.7 Å². The molecular weight excluding hydrogens is 266 g/mol. The van der Waals surface area contributed by atoms with E-state index in [-0.39, 0.29) is 0 Å². The van der Waals surface area contributed by atoms with Crippen molar-refractivity contribution < 1.29 is 0 Å². The summed E-state index contributed by atoms with van der Waals surface area (Å²) in [5.74, 6) is 0. The molecule has 0 fully saturated rings. The number of halogens is 1. The lowest BCUT2D eigenvalue weighted by Gasteiger charge is -2.02. The van der Waals surface area contributed by atoms with Crippen LogP contribution in [0.15, 0.2) is 24.4 Å². The van der Waals surface area contributed by atoms with E-state index in [2.05, 4.69) is 24.2 Å². The minimum absolute atomic E-state index is 0.824. The Morgan fingerprint density at radius 1 is 0.950 bits per heavy atom. The fraction of sp³-hybridized carbons (Fsp3) is 0.556. The van der Waals surface area contributed by atoms with Gasteiger partial charge in [-0.2, -0.15) is 0 Å². The zero-order valence-corrected chi connectivity index (χ0v) is 13.3. The number of aromatic amines is 1. The van der Waals surface area contributed by atoms with Crippen LogP contribution in [0.3, 0.4) is 0 Å². The van der Waals surface area contributed by atoms with Crippen molar-refractivity contribution in [2.24, 2.45) is 0 Å². The minimum atomic E-state index is 0.824. The maximum absolute atomic E-state index is 6.18. The van der Waals surface area contributed by atoms with Gasteiger partial charge in [0, 0.05) is 11.6 Å². The van der Waals surface area contributed by atoms with Crippen molar-refractivity contribution in [1.82, 2.24) is 4.98 Å². The third-order valence-electron chi connectivity index (χ3n) is 4.05. The molecule has 1 aromatic heterocycles. The summed E-state index contributed by atoms with van der Waals surface area (Å²) in [6.45, 7) is 2.27. The molecule has 0 aliphatic heterocycles. The van der Waals surface area contributed by atoms with Gasteiger partial charge in [0.2, 0.25) is 0 Å². The predicted molar refractivity (Wildman–Crippen MR) is 89.6 cm³/mol. The first-order chi connectivity index (χ1) is 9.83. The van der Waals surface area contributed by atoms with Crippen molar-refractivity contribution in [3.63, 3.8) is 0 Å². The highest BCUT2D eigenvalue weighted by atomic mass is 35.5. The van der Waals surface area contributed by atoms with Gasteiger partial charge >= 0.3 is 0 Å². The molecule has 1 N–H and O–H groups in total. The van der Waals surface area contributed by atoms with E-state index in [1.165, 1.54) is 62.3 Å².